The molecule has 1 fully saturated rings. The number of carbonyl (C=O) groups is 5. The first-order chi connectivity index (χ1) is 19.4. The molecule has 41 heavy (non-hydrogen) atoms. The van der Waals surface area contributed by atoms with Crippen LogP contribution < -0.4 is 22.1 Å². The monoisotopic (exact) mass is 575 g/mol. The number of amides is 2. The smallest absolute Gasteiger partial charge is 0.407 e. The van der Waals surface area contributed by atoms with Crippen molar-refractivity contribution >= 4 is 41.4 Å². The van der Waals surface area contributed by atoms with Crippen molar-refractivity contribution in [3.8, 4) is 0 Å². The van der Waals surface area contributed by atoms with Gasteiger partial charge in [-0.05, 0) is 30.3 Å². The molecule has 1 aromatic heterocycles. The molecule has 4 N–H and O–H groups in total. The Kier molecular flexibility index (Phi) is 9.97. The van der Waals surface area contributed by atoms with Crippen LogP contribution in [0.4, 0.5) is 16.3 Å². The minimum atomic E-state index is -1.45. The third kappa shape index (κ3) is 8.01. The van der Waals surface area contributed by atoms with Gasteiger partial charge in [0, 0.05) is 38.2 Å². The molecule has 2 aromatic rings. The van der Waals surface area contributed by atoms with Gasteiger partial charge in [-0.25, -0.2) is 9.59 Å². The Morgan fingerprint density at radius 3 is 2.17 bits per heavy atom. The molecule has 1 aromatic carbocycles. The lowest BCUT2D eigenvalue weighted by atomic mass is 9.95. The molecule has 0 radical (unpaired) electrons. The Bertz CT molecular complexity index is 1360. The molecule has 16 heteroatoms. The molecule has 16 nitrogen and oxygen atoms in total. The van der Waals surface area contributed by atoms with Gasteiger partial charge in [0.1, 0.15) is 24.6 Å². The minimum Gasteiger partial charge on any atom is -0.463 e. The second kappa shape index (κ2) is 13.4. The zero-order chi connectivity index (χ0) is 30.3. The zero-order valence-corrected chi connectivity index (χ0v) is 22.5. The molecule has 1 saturated heterocycles. The van der Waals surface area contributed by atoms with Gasteiger partial charge >= 0.3 is 29.7 Å². The number of nitrogens with one attached hydrogen (secondary N) is 2. The highest BCUT2D eigenvalue weighted by Gasteiger charge is 2.52. The van der Waals surface area contributed by atoms with Crippen molar-refractivity contribution in [1.82, 2.24) is 14.9 Å². The number of nitrogen functional groups attached to an aromatic ring is 1. The quantitative estimate of drug-likeness (QED) is 0.217. The van der Waals surface area contributed by atoms with Gasteiger partial charge < -0.3 is 40.1 Å². The minimum absolute atomic E-state index is 0.104. The number of benzene rings is 1. The third-order valence-corrected chi connectivity index (χ3v) is 5.71. The number of anilines is 2. The summed E-state index contributed by atoms with van der Waals surface area (Å²) >= 11 is 0. The SMILES string of the molecule is COC(=O)N[C@H]1[C@@H](OC(C)=O)[C@@H](OC(C)=O)[C@@H](COC(C)=O)O[C@H]1n1ccc(NC(=O)c2ccc(N)cc2)nc1=O. The Hall–Kier alpha value is -4.99. The summed E-state index contributed by atoms with van der Waals surface area (Å²) in [7, 11) is 1.08. The standard InChI is InChI=1S/C25H29N5O11/c1-12(31)38-11-17-20(39-13(2)32)21(40-14(3)33)19(29-25(36)37-4)23(41-17)30-10-9-18(28-24(30)35)27-22(34)15-5-7-16(26)8-6-15/h5-10,17,19-21,23H,11,26H2,1-4H3,(H,29,36)(H,27,28,34,35)/t17-,19+,20+,21-,23-/m1/s1. The maximum absolute atomic E-state index is 13.1. The second-order valence-corrected chi connectivity index (χ2v) is 8.76. The predicted molar refractivity (Wildman–Crippen MR) is 138 cm³/mol. The molecule has 0 bridgehead atoms. The van der Waals surface area contributed by atoms with E-state index in [9.17, 15) is 28.8 Å². The van der Waals surface area contributed by atoms with E-state index in [2.05, 4.69) is 20.4 Å². The summed E-state index contributed by atoms with van der Waals surface area (Å²) in [6.07, 6.45) is -5.31. The number of nitrogens with two attached hydrogens (primary N) is 1. The first kappa shape index (κ1) is 30.6. The molecule has 2 heterocycles. The van der Waals surface area contributed by atoms with E-state index in [4.69, 9.17) is 24.7 Å². The number of hydrogen-bond donors (Lipinski definition) is 3. The van der Waals surface area contributed by atoms with Gasteiger partial charge in [-0.1, -0.05) is 0 Å². The Balaban J connectivity index is 2.02. The Labute approximate surface area is 233 Å². The van der Waals surface area contributed by atoms with Crippen LogP contribution in [0.5, 0.6) is 0 Å². The number of methoxy groups -OCH3 is 1. The van der Waals surface area contributed by atoms with Crippen molar-refractivity contribution < 1.29 is 47.7 Å². The van der Waals surface area contributed by atoms with E-state index >= 15 is 0 Å². The van der Waals surface area contributed by atoms with Crippen molar-refractivity contribution in [2.75, 3.05) is 24.8 Å². The fourth-order valence-corrected chi connectivity index (χ4v) is 4.01. The lowest BCUT2D eigenvalue weighted by Crippen LogP contribution is -2.65. The maximum atomic E-state index is 13.1. The molecule has 220 valence electrons. The molecule has 5 atom stereocenters. The highest BCUT2D eigenvalue weighted by atomic mass is 16.6. The lowest BCUT2D eigenvalue weighted by Gasteiger charge is -2.45. The van der Waals surface area contributed by atoms with Crippen molar-refractivity contribution in [1.29, 1.82) is 0 Å². The largest absolute Gasteiger partial charge is 0.463 e. The van der Waals surface area contributed by atoms with Gasteiger partial charge in [-0.3, -0.25) is 23.7 Å². The molecule has 0 spiro atoms. The topological polar surface area (TPSA) is 216 Å². The van der Waals surface area contributed by atoms with Gasteiger partial charge in [0.05, 0.1) is 7.11 Å². The molecule has 0 unspecified atom stereocenters. The van der Waals surface area contributed by atoms with E-state index in [-0.39, 0.29) is 11.4 Å². The number of rotatable bonds is 8. The van der Waals surface area contributed by atoms with Crippen molar-refractivity contribution in [2.24, 2.45) is 0 Å². The maximum Gasteiger partial charge on any atom is 0.407 e. The van der Waals surface area contributed by atoms with Crippen LogP contribution in [0.25, 0.3) is 0 Å². The summed E-state index contributed by atoms with van der Waals surface area (Å²) in [5, 5.41) is 4.92. The van der Waals surface area contributed by atoms with Crippen LogP contribution in [0.1, 0.15) is 37.4 Å². The summed E-state index contributed by atoms with van der Waals surface area (Å²) in [6.45, 7) is 2.84. The fraction of sp³-hybridized carbons (Fsp3) is 0.400. The third-order valence-electron chi connectivity index (χ3n) is 5.71. The molecule has 1 aliphatic rings. The summed E-state index contributed by atoms with van der Waals surface area (Å²) in [4.78, 5) is 77.3. The van der Waals surface area contributed by atoms with Crippen LogP contribution in [0.15, 0.2) is 41.3 Å². The van der Waals surface area contributed by atoms with E-state index < -0.39 is 72.8 Å². The van der Waals surface area contributed by atoms with Gasteiger partial charge in [0.2, 0.25) is 0 Å². The van der Waals surface area contributed by atoms with Crippen LogP contribution in [-0.4, -0.2) is 77.5 Å². The molecular formula is C25H29N5O11. The molecular weight excluding hydrogens is 546 g/mol. The normalized spacial score (nSPS) is 21.6. The van der Waals surface area contributed by atoms with Crippen LogP contribution in [-0.2, 0) is 38.1 Å². The number of alkyl carbamates (subject to hydrolysis) is 1. The van der Waals surface area contributed by atoms with Crippen LogP contribution in [0, 0.1) is 0 Å². The fourth-order valence-electron chi connectivity index (χ4n) is 4.01. The van der Waals surface area contributed by atoms with Crippen LogP contribution in [0.3, 0.4) is 0 Å². The predicted octanol–water partition coefficient (Wildman–Crippen LogP) is 0.126. The van der Waals surface area contributed by atoms with E-state index in [1.165, 1.54) is 36.5 Å². The molecule has 3 rings (SSSR count). The molecule has 0 saturated carbocycles. The lowest BCUT2D eigenvalue weighted by molar-refractivity contribution is -0.237. The second-order valence-electron chi connectivity index (χ2n) is 8.76. The number of esters is 3. The van der Waals surface area contributed by atoms with Crippen molar-refractivity contribution in [2.45, 2.75) is 51.4 Å². The number of ether oxygens (including phenoxy) is 5. The first-order valence-electron chi connectivity index (χ1n) is 12.1. The number of hydrogen-bond acceptors (Lipinski definition) is 13. The van der Waals surface area contributed by atoms with Crippen molar-refractivity contribution in [3.63, 3.8) is 0 Å². The Morgan fingerprint density at radius 2 is 1.61 bits per heavy atom. The Morgan fingerprint density at radius 1 is 0.976 bits per heavy atom. The van der Waals surface area contributed by atoms with E-state index in [0.29, 0.717) is 5.69 Å². The summed E-state index contributed by atoms with van der Waals surface area (Å²) in [5.74, 6) is -2.96. The van der Waals surface area contributed by atoms with E-state index in [0.717, 1.165) is 32.4 Å². The summed E-state index contributed by atoms with van der Waals surface area (Å²) in [5.41, 5.74) is 5.41. The highest BCUT2D eigenvalue weighted by Crippen LogP contribution is 2.32. The number of carbonyl (C=O) groups excluding carboxylic acids is 5. The van der Waals surface area contributed by atoms with Crippen LogP contribution >= 0.6 is 0 Å². The zero-order valence-electron chi connectivity index (χ0n) is 22.5. The summed E-state index contributed by atoms with van der Waals surface area (Å²) in [6, 6.07) is 5.95. The van der Waals surface area contributed by atoms with Gasteiger partial charge in [0.25, 0.3) is 5.91 Å². The van der Waals surface area contributed by atoms with Crippen molar-refractivity contribution in [3.05, 3.63) is 52.6 Å². The molecule has 2 amide bonds. The molecule has 0 aliphatic carbocycles. The molecule has 1 aliphatic heterocycles. The average molecular weight is 576 g/mol. The summed E-state index contributed by atoms with van der Waals surface area (Å²) < 4.78 is 27.4. The average Bonchev–Trinajstić information content (AvgIpc) is 2.90. The highest BCUT2D eigenvalue weighted by molar-refractivity contribution is 6.03. The van der Waals surface area contributed by atoms with Gasteiger partial charge in [0.15, 0.2) is 18.4 Å². The number of aromatic nitrogens is 2. The number of nitrogens with zero attached hydrogens (tertiary/aromatic N) is 2. The van der Waals surface area contributed by atoms with Crippen LogP contribution in [0.2, 0.25) is 0 Å². The van der Waals surface area contributed by atoms with Gasteiger partial charge in [-0.15, -0.1) is 0 Å². The van der Waals surface area contributed by atoms with E-state index in [1.54, 1.807) is 0 Å². The van der Waals surface area contributed by atoms with Gasteiger partial charge in [-0.2, -0.15) is 4.98 Å². The van der Waals surface area contributed by atoms with E-state index in [1.807, 2.05) is 0 Å². The first-order valence-corrected chi connectivity index (χ1v) is 12.1.